The second kappa shape index (κ2) is 11.9. The third-order valence-electron chi connectivity index (χ3n) is 3.58. The van der Waals surface area contributed by atoms with Gasteiger partial charge < -0.3 is 15.1 Å². The maximum absolute atomic E-state index is 9.38. The molecule has 0 aliphatic heterocycles. The van der Waals surface area contributed by atoms with E-state index in [-0.39, 0.29) is 11.5 Å². The van der Waals surface area contributed by atoms with Gasteiger partial charge in [-0.05, 0) is 69.3 Å². The van der Waals surface area contributed by atoms with E-state index in [4.69, 9.17) is 4.99 Å². The normalized spacial score (nSPS) is 15.2. The number of hydrogen-bond acceptors (Lipinski definition) is 6. The molecule has 0 aliphatic carbocycles. The first kappa shape index (κ1) is 24.3. The van der Waals surface area contributed by atoms with E-state index in [1.807, 2.05) is 32.2 Å². The van der Waals surface area contributed by atoms with Gasteiger partial charge in [0.15, 0.2) is 0 Å². The van der Waals surface area contributed by atoms with Crippen molar-refractivity contribution in [2.75, 3.05) is 16.6 Å². The Bertz CT molecular complexity index is 690. The van der Waals surface area contributed by atoms with Crippen molar-refractivity contribution in [3.05, 3.63) is 41.3 Å². The van der Waals surface area contributed by atoms with Gasteiger partial charge in [-0.3, -0.25) is 10.3 Å². The Balaban J connectivity index is 2.85. The molecule has 0 aromatic heterocycles. The standard InChI is InChI=1S/C22H36N4OS/c1-8-19(12-10-16(3)25-17(4)27)28-26-18-11-13-20(23-9-2)21(14-18)24-15-22(5,6)7/h8,10-17,23,25-27H,9H2,1-7H3/b12-10-,19-8+,24-15?. The zero-order valence-corrected chi connectivity index (χ0v) is 19.0. The molecule has 0 fully saturated rings. The van der Waals surface area contributed by atoms with Gasteiger partial charge in [0.1, 0.15) is 6.23 Å². The highest BCUT2D eigenvalue weighted by atomic mass is 32.2. The van der Waals surface area contributed by atoms with Crippen molar-refractivity contribution in [3.8, 4) is 0 Å². The zero-order chi connectivity index (χ0) is 21.2. The summed E-state index contributed by atoms with van der Waals surface area (Å²) in [7, 11) is 0. The molecule has 0 saturated carbocycles. The van der Waals surface area contributed by atoms with Gasteiger partial charge in [-0.15, -0.1) is 0 Å². The highest BCUT2D eigenvalue weighted by Crippen LogP contribution is 2.31. The number of hydrogen-bond donors (Lipinski definition) is 4. The van der Waals surface area contributed by atoms with E-state index in [0.29, 0.717) is 0 Å². The molecule has 0 heterocycles. The fourth-order valence-electron chi connectivity index (χ4n) is 2.29. The Hall–Kier alpha value is -1.76. The van der Waals surface area contributed by atoms with Gasteiger partial charge in [0.05, 0.1) is 11.4 Å². The van der Waals surface area contributed by atoms with Gasteiger partial charge in [-0.25, -0.2) is 0 Å². The highest BCUT2D eigenvalue weighted by Gasteiger charge is 2.08. The van der Waals surface area contributed by atoms with Gasteiger partial charge in [0.2, 0.25) is 0 Å². The number of aliphatic hydroxyl groups excluding tert-OH is 1. The summed E-state index contributed by atoms with van der Waals surface area (Å²) in [5.41, 5.74) is 2.98. The zero-order valence-electron chi connectivity index (χ0n) is 18.2. The van der Waals surface area contributed by atoms with Crippen molar-refractivity contribution in [1.82, 2.24) is 5.32 Å². The minimum Gasteiger partial charge on any atom is -0.384 e. The second-order valence-electron chi connectivity index (χ2n) is 7.77. The van der Waals surface area contributed by atoms with Gasteiger partial charge in [0, 0.05) is 29.4 Å². The number of aliphatic imine (C=N–C) groups is 1. The van der Waals surface area contributed by atoms with E-state index >= 15 is 0 Å². The molecule has 2 unspecified atom stereocenters. The minimum absolute atomic E-state index is 0.0291. The van der Waals surface area contributed by atoms with Crippen LogP contribution in [0.15, 0.2) is 46.3 Å². The molecule has 0 spiro atoms. The molecule has 0 saturated heterocycles. The van der Waals surface area contributed by atoms with E-state index in [2.05, 4.69) is 67.3 Å². The Labute approximate surface area is 174 Å². The monoisotopic (exact) mass is 404 g/mol. The van der Waals surface area contributed by atoms with Crippen molar-refractivity contribution in [3.63, 3.8) is 0 Å². The van der Waals surface area contributed by atoms with Gasteiger partial charge in [0.25, 0.3) is 0 Å². The number of aliphatic hydroxyl groups is 1. The molecule has 4 N–H and O–H groups in total. The minimum atomic E-state index is -0.526. The molecule has 0 bridgehead atoms. The lowest BCUT2D eigenvalue weighted by molar-refractivity contribution is 0.150. The Morgan fingerprint density at radius 1 is 1.29 bits per heavy atom. The largest absolute Gasteiger partial charge is 0.384 e. The van der Waals surface area contributed by atoms with Crippen LogP contribution < -0.4 is 15.4 Å². The summed E-state index contributed by atoms with van der Waals surface area (Å²) in [6.07, 6.45) is 7.58. The van der Waals surface area contributed by atoms with E-state index in [0.717, 1.165) is 28.5 Å². The summed E-state index contributed by atoms with van der Waals surface area (Å²) in [6.45, 7) is 15.1. The fraction of sp³-hybridized carbons (Fsp3) is 0.500. The number of nitrogens with zero attached hydrogens (tertiary/aromatic N) is 1. The van der Waals surface area contributed by atoms with Crippen LogP contribution in [0.4, 0.5) is 17.1 Å². The number of benzene rings is 1. The number of nitrogens with one attached hydrogen (secondary N) is 3. The predicted molar refractivity (Wildman–Crippen MR) is 127 cm³/mol. The van der Waals surface area contributed by atoms with E-state index < -0.39 is 6.23 Å². The first-order chi connectivity index (χ1) is 13.1. The van der Waals surface area contributed by atoms with Crippen molar-refractivity contribution >= 4 is 35.2 Å². The first-order valence-electron chi connectivity index (χ1n) is 9.79. The van der Waals surface area contributed by atoms with Crippen molar-refractivity contribution < 1.29 is 5.11 Å². The molecule has 1 aromatic rings. The smallest absolute Gasteiger partial charge is 0.102 e. The average molecular weight is 405 g/mol. The lowest BCUT2D eigenvalue weighted by atomic mass is 9.99. The van der Waals surface area contributed by atoms with Crippen LogP contribution in [0.5, 0.6) is 0 Å². The summed E-state index contributed by atoms with van der Waals surface area (Å²) < 4.78 is 3.39. The van der Waals surface area contributed by atoms with Gasteiger partial charge in [-0.1, -0.05) is 32.9 Å². The average Bonchev–Trinajstić information content (AvgIpc) is 2.60. The van der Waals surface area contributed by atoms with Crippen LogP contribution >= 0.6 is 11.9 Å². The maximum Gasteiger partial charge on any atom is 0.102 e. The lowest BCUT2D eigenvalue weighted by Gasteiger charge is -2.14. The summed E-state index contributed by atoms with van der Waals surface area (Å²) in [4.78, 5) is 5.79. The molecule has 0 amide bonds. The van der Waals surface area contributed by atoms with E-state index in [1.54, 1.807) is 18.9 Å². The molecule has 156 valence electrons. The summed E-state index contributed by atoms with van der Waals surface area (Å²) in [5, 5.41) is 15.8. The Morgan fingerprint density at radius 3 is 2.57 bits per heavy atom. The van der Waals surface area contributed by atoms with Crippen molar-refractivity contribution in [1.29, 1.82) is 0 Å². The van der Waals surface area contributed by atoms with Gasteiger partial charge in [-0.2, -0.15) is 0 Å². The van der Waals surface area contributed by atoms with Crippen LogP contribution in [0.3, 0.4) is 0 Å². The number of allylic oxidation sites excluding steroid dienone is 2. The van der Waals surface area contributed by atoms with Crippen LogP contribution in [0.2, 0.25) is 0 Å². The molecule has 0 aliphatic rings. The molecule has 5 nitrogen and oxygen atoms in total. The topological polar surface area (TPSA) is 68.7 Å². The van der Waals surface area contributed by atoms with Crippen LogP contribution in [0, 0.1) is 5.41 Å². The van der Waals surface area contributed by atoms with Crippen LogP contribution in [-0.4, -0.2) is 30.1 Å². The lowest BCUT2D eigenvalue weighted by Crippen LogP contribution is -2.32. The SMILES string of the molecule is C/C=C(\C=C/C(C)NC(C)O)SNc1ccc(NCC)c(N=CC(C)(C)C)c1. The Morgan fingerprint density at radius 2 is 2.00 bits per heavy atom. The van der Waals surface area contributed by atoms with Gasteiger partial charge >= 0.3 is 0 Å². The molecule has 1 rings (SSSR count). The quantitative estimate of drug-likeness (QED) is 0.174. The molecule has 0 radical (unpaired) electrons. The number of anilines is 2. The third-order valence-corrected chi connectivity index (χ3v) is 4.53. The second-order valence-corrected chi connectivity index (χ2v) is 8.65. The molecular weight excluding hydrogens is 368 g/mol. The molecule has 2 atom stereocenters. The number of rotatable bonds is 10. The van der Waals surface area contributed by atoms with Crippen LogP contribution in [0.1, 0.15) is 48.5 Å². The van der Waals surface area contributed by atoms with Crippen LogP contribution in [0.25, 0.3) is 0 Å². The molecule has 28 heavy (non-hydrogen) atoms. The molecule has 1 aromatic carbocycles. The molecule has 6 heteroatoms. The highest BCUT2D eigenvalue weighted by molar-refractivity contribution is 8.04. The predicted octanol–water partition coefficient (Wildman–Crippen LogP) is 5.70. The summed E-state index contributed by atoms with van der Waals surface area (Å²) >= 11 is 1.55. The van der Waals surface area contributed by atoms with Crippen molar-refractivity contribution in [2.45, 2.75) is 60.7 Å². The maximum atomic E-state index is 9.38. The fourth-order valence-corrected chi connectivity index (χ4v) is 2.91. The summed E-state index contributed by atoms with van der Waals surface area (Å²) in [5.74, 6) is 0. The Kier molecular flexibility index (Phi) is 10.4. The van der Waals surface area contributed by atoms with Crippen LogP contribution in [-0.2, 0) is 0 Å². The van der Waals surface area contributed by atoms with Crippen molar-refractivity contribution in [2.24, 2.45) is 10.4 Å². The summed E-state index contributed by atoms with van der Waals surface area (Å²) in [6, 6.07) is 6.26. The van der Waals surface area contributed by atoms with E-state index in [1.165, 1.54) is 0 Å². The van der Waals surface area contributed by atoms with E-state index in [9.17, 15) is 5.11 Å². The third kappa shape index (κ3) is 9.97. The first-order valence-corrected chi connectivity index (χ1v) is 10.6. The molecular formula is C22H36N4OS.